The van der Waals surface area contributed by atoms with Gasteiger partial charge in [-0.25, -0.2) is 9.97 Å². The molecule has 7 heteroatoms. The highest BCUT2D eigenvalue weighted by Crippen LogP contribution is 2.30. The number of nitrogens with zero attached hydrogens (tertiary/aromatic N) is 2. The lowest BCUT2D eigenvalue weighted by molar-refractivity contribution is 0.102. The molecular weight excluding hydrogens is 377 g/mol. The van der Waals surface area contributed by atoms with Crippen molar-refractivity contribution in [1.29, 1.82) is 0 Å². The quantitative estimate of drug-likeness (QED) is 0.811. The molecule has 21 heavy (non-hydrogen) atoms. The summed E-state index contributed by atoms with van der Waals surface area (Å²) >= 11 is 15.3. The first-order chi connectivity index (χ1) is 9.90. The molecule has 0 saturated heterocycles. The fourth-order valence-corrected chi connectivity index (χ4v) is 2.31. The maximum atomic E-state index is 12.3. The second-order valence-corrected chi connectivity index (χ2v) is 6.24. The number of aromatic nitrogens is 2. The molecule has 110 valence electrons. The number of carbonyl (C=O) groups excluding carboxylic acids is 1. The van der Waals surface area contributed by atoms with Gasteiger partial charge in [0.2, 0.25) is 0 Å². The normalized spacial score (nSPS) is 10.8. The molecule has 1 aromatic heterocycles. The number of halogens is 3. The van der Waals surface area contributed by atoms with Crippen LogP contribution in [0.15, 0.2) is 28.9 Å². The predicted molar refractivity (Wildman–Crippen MR) is 88.2 cm³/mol. The molecule has 2 rings (SSSR count). The molecule has 1 N–H and O–H groups in total. The number of hydrogen-bond acceptors (Lipinski definition) is 3. The van der Waals surface area contributed by atoms with Crippen molar-refractivity contribution in [3.05, 3.63) is 50.4 Å². The van der Waals surface area contributed by atoms with E-state index in [1.54, 1.807) is 18.2 Å². The van der Waals surface area contributed by atoms with Crippen LogP contribution in [0, 0.1) is 0 Å². The monoisotopic (exact) mass is 387 g/mol. The van der Waals surface area contributed by atoms with Crippen molar-refractivity contribution >= 4 is 50.7 Å². The van der Waals surface area contributed by atoms with Crippen LogP contribution in [-0.4, -0.2) is 15.9 Å². The number of nitrogens with one attached hydrogen (secondary N) is 1. The van der Waals surface area contributed by atoms with E-state index < -0.39 is 5.91 Å². The molecule has 4 nitrogen and oxygen atoms in total. The predicted octanol–water partition coefficient (Wildman–Crippen LogP) is 4.92. The van der Waals surface area contributed by atoms with Gasteiger partial charge in [0, 0.05) is 5.92 Å². The van der Waals surface area contributed by atoms with Crippen LogP contribution in [0.3, 0.4) is 0 Å². The van der Waals surface area contributed by atoms with Gasteiger partial charge < -0.3 is 5.32 Å². The van der Waals surface area contributed by atoms with E-state index in [0.29, 0.717) is 21.0 Å². The average Bonchev–Trinajstić information content (AvgIpc) is 2.44. The Morgan fingerprint density at radius 2 is 2.00 bits per heavy atom. The lowest BCUT2D eigenvalue weighted by Crippen LogP contribution is -2.16. The fourth-order valence-electron chi connectivity index (χ4n) is 1.60. The summed E-state index contributed by atoms with van der Waals surface area (Å²) in [6, 6.07) is 5.19. The van der Waals surface area contributed by atoms with Crippen LogP contribution in [-0.2, 0) is 0 Å². The van der Waals surface area contributed by atoms with Crippen LogP contribution in [0.1, 0.15) is 36.1 Å². The first kappa shape index (κ1) is 16.2. The Morgan fingerprint density at radius 1 is 1.29 bits per heavy atom. The zero-order valence-corrected chi connectivity index (χ0v) is 14.4. The third-order valence-corrected chi connectivity index (χ3v) is 4.37. The maximum absolute atomic E-state index is 12.3. The molecule has 0 aliphatic rings. The van der Waals surface area contributed by atoms with Crippen LogP contribution < -0.4 is 5.32 Å². The molecule has 1 heterocycles. The molecular formula is C14H12BrCl2N3O. The SMILES string of the molecule is CC(C)c1ncc(Cl)c(C(=O)Nc2cccc(Cl)c2Br)n1. The number of rotatable bonds is 3. The second kappa shape index (κ2) is 6.73. The van der Waals surface area contributed by atoms with Crippen LogP contribution >= 0.6 is 39.1 Å². The van der Waals surface area contributed by atoms with Crippen molar-refractivity contribution in [1.82, 2.24) is 9.97 Å². The Bertz CT molecular complexity index is 692. The van der Waals surface area contributed by atoms with Crippen LogP contribution in [0.2, 0.25) is 10.0 Å². The van der Waals surface area contributed by atoms with E-state index in [2.05, 4.69) is 31.2 Å². The summed E-state index contributed by atoms with van der Waals surface area (Å²) in [5.41, 5.74) is 0.690. The summed E-state index contributed by atoms with van der Waals surface area (Å²) in [5, 5.41) is 3.44. The van der Waals surface area contributed by atoms with E-state index in [-0.39, 0.29) is 16.6 Å². The fraction of sp³-hybridized carbons (Fsp3) is 0.214. The highest BCUT2D eigenvalue weighted by molar-refractivity contribution is 9.10. The van der Waals surface area contributed by atoms with E-state index >= 15 is 0 Å². The molecule has 1 aromatic carbocycles. The van der Waals surface area contributed by atoms with Crippen molar-refractivity contribution < 1.29 is 4.79 Å². The van der Waals surface area contributed by atoms with Gasteiger partial charge in [-0.2, -0.15) is 0 Å². The number of benzene rings is 1. The van der Waals surface area contributed by atoms with Gasteiger partial charge in [0.1, 0.15) is 5.82 Å². The van der Waals surface area contributed by atoms with Crippen molar-refractivity contribution in [3.8, 4) is 0 Å². The molecule has 0 aliphatic carbocycles. The van der Waals surface area contributed by atoms with Gasteiger partial charge in [-0.1, -0.05) is 43.1 Å². The number of hydrogen-bond donors (Lipinski definition) is 1. The largest absolute Gasteiger partial charge is 0.320 e. The van der Waals surface area contributed by atoms with Gasteiger partial charge in [-0.05, 0) is 28.1 Å². The lowest BCUT2D eigenvalue weighted by Gasteiger charge is -2.10. The highest BCUT2D eigenvalue weighted by Gasteiger charge is 2.17. The third-order valence-electron chi connectivity index (χ3n) is 2.69. The first-order valence-electron chi connectivity index (χ1n) is 6.18. The van der Waals surface area contributed by atoms with Crippen LogP contribution in [0.5, 0.6) is 0 Å². The highest BCUT2D eigenvalue weighted by atomic mass is 79.9. The molecule has 1 amide bonds. The van der Waals surface area contributed by atoms with Gasteiger partial charge in [0.05, 0.1) is 26.4 Å². The molecule has 0 unspecified atom stereocenters. The molecule has 0 spiro atoms. The van der Waals surface area contributed by atoms with Crippen LogP contribution in [0.4, 0.5) is 5.69 Å². The van der Waals surface area contributed by atoms with E-state index in [4.69, 9.17) is 23.2 Å². The Kier molecular flexibility index (Phi) is 5.19. The van der Waals surface area contributed by atoms with E-state index in [1.165, 1.54) is 6.20 Å². The van der Waals surface area contributed by atoms with Crippen molar-refractivity contribution in [2.75, 3.05) is 5.32 Å². The molecule has 0 atom stereocenters. The summed E-state index contributed by atoms with van der Waals surface area (Å²) in [4.78, 5) is 20.6. The molecule has 0 radical (unpaired) electrons. The lowest BCUT2D eigenvalue weighted by atomic mass is 10.2. The molecule has 0 bridgehead atoms. The minimum absolute atomic E-state index is 0.103. The molecule has 2 aromatic rings. The summed E-state index contributed by atoms with van der Waals surface area (Å²) in [6.07, 6.45) is 1.44. The van der Waals surface area contributed by atoms with E-state index in [1.807, 2.05) is 13.8 Å². The number of anilines is 1. The Balaban J connectivity index is 2.32. The van der Waals surface area contributed by atoms with Crippen LogP contribution in [0.25, 0.3) is 0 Å². The maximum Gasteiger partial charge on any atom is 0.275 e. The zero-order valence-electron chi connectivity index (χ0n) is 11.3. The average molecular weight is 389 g/mol. The van der Waals surface area contributed by atoms with Gasteiger partial charge in [0.25, 0.3) is 5.91 Å². The second-order valence-electron chi connectivity index (χ2n) is 4.63. The third kappa shape index (κ3) is 3.73. The minimum atomic E-state index is -0.410. The first-order valence-corrected chi connectivity index (χ1v) is 7.73. The Hall–Kier alpha value is -1.17. The summed E-state index contributed by atoms with van der Waals surface area (Å²) in [7, 11) is 0. The number of amides is 1. The van der Waals surface area contributed by atoms with Gasteiger partial charge in [-0.15, -0.1) is 0 Å². The smallest absolute Gasteiger partial charge is 0.275 e. The van der Waals surface area contributed by atoms with E-state index in [9.17, 15) is 4.79 Å². The standard InChI is InChI=1S/C14H12BrCl2N3O/c1-7(2)13-18-6-9(17)12(20-13)14(21)19-10-5-3-4-8(16)11(10)15/h3-7H,1-2H3,(H,19,21). The van der Waals surface area contributed by atoms with Crippen molar-refractivity contribution in [3.63, 3.8) is 0 Å². The minimum Gasteiger partial charge on any atom is -0.320 e. The number of carbonyl (C=O) groups is 1. The van der Waals surface area contributed by atoms with Crippen molar-refractivity contribution in [2.45, 2.75) is 19.8 Å². The summed E-state index contributed by atoms with van der Waals surface area (Å²) in [6.45, 7) is 3.89. The molecule has 0 saturated carbocycles. The van der Waals surface area contributed by atoms with Gasteiger partial charge in [0.15, 0.2) is 5.69 Å². The summed E-state index contributed by atoms with van der Waals surface area (Å²) in [5.74, 6) is 0.258. The molecule has 0 aliphatic heterocycles. The zero-order chi connectivity index (χ0) is 15.6. The van der Waals surface area contributed by atoms with Gasteiger partial charge in [-0.3, -0.25) is 4.79 Å². The summed E-state index contributed by atoms with van der Waals surface area (Å²) < 4.78 is 0.606. The van der Waals surface area contributed by atoms with Crippen molar-refractivity contribution in [2.24, 2.45) is 0 Å². The van der Waals surface area contributed by atoms with Gasteiger partial charge >= 0.3 is 0 Å². The topological polar surface area (TPSA) is 54.9 Å². The Morgan fingerprint density at radius 3 is 2.67 bits per heavy atom. The Labute approximate surface area is 141 Å². The van der Waals surface area contributed by atoms with E-state index in [0.717, 1.165) is 0 Å². The molecule has 0 fully saturated rings.